The van der Waals surface area contributed by atoms with Crippen LogP contribution in [0.25, 0.3) is 17.1 Å². The Morgan fingerprint density at radius 2 is 1.83 bits per heavy atom. The quantitative estimate of drug-likeness (QED) is 0.327. The van der Waals surface area contributed by atoms with Crippen molar-refractivity contribution < 1.29 is 14.3 Å². The Morgan fingerprint density at radius 1 is 1.07 bits per heavy atom. The molecule has 11 heteroatoms. The Hall–Kier alpha value is -4.54. The minimum atomic E-state index is -0.513. The van der Waals surface area contributed by atoms with Crippen molar-refractivity contribution in [2.24, 2.45) is 0 Å². The van der Waals surface area contributed by atoms with Gasteiger partial charge in [0, 0.05) is 37.3 Å². The summed E-state index contributed by atoms with van der Waals surface area (Å²) in [6, 6.07) is 9.47. The summed E-state index contributed by atoms with van der Waals surface area (Å²) < 4.78 is 14.5. The third kappa shape index (κ3) is 6.97. The van der Waals surface area contributed by atoms with E-state index in [1.54, 1.807) is 34.4 Å². The number of hydrogen-bond donors (Lipinski definition) is 0. The molecule has 214 valence electrons. The maximum atomic E-state index is 12.7. The van der Waals surface area contributed by atoms with Crippen LogP contribution in [0.2, 0.25) is 0 Å². The topological polar surface area (TPSA) is 117 Å². The molecule has 0 saturated carbocycles. The second-order valence-electron chi connectivity index (χ2n) is 11.0. The van der Waals surface area contributed by atoms with Crippen LogP contribution in [-0.4, -0.2) is 65.8 Å². The lowest BCUT2D eigenvalue weighted by Crippen LogP contribution is -2.42. The van der Waals surface area contributed by atoms with E-state index < -0.39 is 5.60 Å². The second-order valence-corrected chi connectivity index (χ2v) is 11.0. The first kappa shape index (κ1) is 28.0. The largest absolute Gasteiger partial charge is 0.491 e. The highest BCUT2D eigenvalue weighted by Gasteiger charge is 2.28. The average Bonchev–Trinajstić information content (AvgIpc) is 3.45. The monoisotopic (exact) mass is 557 g/mol. The third-order valence-corrected chi connectivity index (χ3v) is 6.72. The molecule has 1 aromatic carbocycles. The first-order valence-electron chi connectivity index (χ1n) is 13.8. The van der Waals surface area contributed by atoms with Crippen LogP contribution in [0.5, 0.6) is 5.75 Å². The Morgan fingerprint density at radius 3 is 2.54 bits per heavy atom. The minimum Gasteiger partial charge on any atom is -0.491 e. The molecule has 4 heterocycles. The number of amides is 1. The van der Waals surface area contributed by atoms with Crippen molar-refractivity contribution in [2.45, 2.75) is 58.6 Å². The van der Waals surface area contributed by atoms with Gasteiger partial charge in [-0.05, 0) is 52.2 Å². The molecule has 0 spiro atoms. The van der Waals surface area contributed by atoms with Crippen LogP contribution in [-0.2, 0) is 11.2 Å². The smallest absolute Gasteiger partial charge is 0.410 e. The van der Waals surface area contributed by atoms with Gasteiger partial charge >= 0.3 is 6.09 Å². The van der Waals surface area contributed by atoms with Crippen molar-refractivity contribution >= 4 is 6.09 Å². The lowest BCUT2D eigenvalue weighted by molar-refractivity contribution is 0.0184. The van der Waals surface area contributed by atoms with Gasteiger partial charge in [0.25, 0.3) is 0 Å². The zero-order chi connectivity index (χ0) is 29.0. The molecule has 0 bridgehead atoms. The molecule has 1 aliphatic heterocycles. The lowest BCUT2D eigenvalue weighted by atomic mass is 10.1. The lowest BCUT2D eigenvalue weighted by Gasteiger charge is -2.33. The number of likely N-dealkylation sites (tertiary alicyclic amines) is 1. The number of piperidine rings is 1. The Balaban J connectivity index is 1.26. The molecule has 4 aromatic rings. The molecule has 0 unspecified atom stereocenters. The van der Waals surface area contributed by atoms with E-state index in [1.165, 1.54) is 6.07 Å². The fourth-order valence-corrected chi connectivity index (χ4v) is 4.72. The van der Waals surface area contributed by atoms with E-state index in [-0.39, 0.29) is 17.6 Å². The number of benzene rings is 1. The SMILES string of the molecule is CCOc1cnc(-c2cccc(Cc3nn(-c4cnn(C5CCN(C(=O)OC(C)(C)C)CC5)c4)ccc3=O)c2)nc1. The average molecular weight is 558 g/mol. The molecular weight excluding hydrogens is 522 g/mol. The van der Waals surface area contributed by atoms with Crippen molar-refractivity contribution in [3.8, 4) is 22.8 Å². The van der Waals surface area contributed by atoms with E-state index in [1.807, 2.05) is 62.8 Å². The van der Waals surface area contributed by atoms with Gasteiger partial charge in [0.05, 0.1) is 37.4 Å². The first-order chi connectivity index (χ1) is 19.7. The molecule has 0 N–H and O–H groups in total. The van der Waals surface area contributed by atoms with E-state index in [9.17, 15) is 9.59 Å². The summed E-state index contributed by atoms with van der Waals surface area (Å²) in [5.41, 5.74) is 2.32. The van der Waals surface area contributed by atoms with Crippen molar-refractivity contribution in [3.05, 3.63) is 82.8 Å². The van der Waals surface area contributed by atoms with Gasteiger partial charge < -0.3 is 14.4 Å². The van der Waals surface area contributed by atoms with Crippen LogP contribution < -0.4 is 10.2 Å². The number of aromatic nitrogens is 6. The number of carbonyl (C=O) groups excluding carboxylic acids is 1. The molecule has 11 nitrogen and oxygen atoms in total. The van der Waals surface area contributed by atoms with Crippen LogP contribution in [0, 0.1) is 0 Å². The third-order valence-electron chi connectivity index (χ3n) is 6.72. The van der Waals surface area contributed by atoms with Gasteiger partial charge in [-0.2, -0.15) is 10.2 Å². The molecule has 1 amide bonds. The van der Waals surface area contributed by atoms with Gasteiger partial charge in [0.2, 0.25) is 5.43 Å². The van der Waals surface area contributed by atoms with Crippen molar-refractivity contribution in [1.82, 2.24) is 34.4 Å². The highest BCUT2D eigenvalue weighted by atomic mass is 16.6. The molecule has 0 aliphatic carbocycles. The van der Waals surface area contributed by atoms with Gasteiger partial charge in [-0.1, -0.05) is 18.2 Å². The number of carbonyl (C=O) groups is 1. The summed E-state index contributed by atoms with van der Waals surface area (Å²) in [5, 5.41) is 9.20. The van der Waals surface area contributed by atoms with Gasteiger partial charge in [0.1, 0.15) is 17.0 Å². The van der Waals surface area contributed by atoms with Crippen LogP contribution in [0.3, 0.4) is 0 Å². The molecule has 1 aliphatic rings. The summed E-state index contributed by atoms with van der Waals surface area (Å²) in [7, 11) is 0. The zero-order valence-corrected chi connectivity index (χ0v) is 23.9. The predicted molar refractivity (Wildman–Crippen MR) is 153 cm³/mol. The summed E-state index contributed by atoms with van der Waals surface area (Å²) >= 11 is 0. The molecule has 3 aromatic heterocycles. The normalized spacial score (nSPS) is 14.2. The Bertz CT molecular complexity index is 1550. The summed E-state index contributed by atoms with van der Waals surface area (Å²) in [6.07, 6.45) is 10.3. The first-order valence-corrected chi connectivity index (χ1v) is 13.8. The van der Waals surface area contributed by atoms with E-state index in [2.05, 4.69) is 20.2 Å². The molecule has 1 saturated heterocycles. The highest BCUT2D eigenvalue weighted by Crippen LogP contribution is 2.24. The van der Waals surface area contributed by atoms with E-state index >= 15 is 0 Å². The number of rotatable bonds is 7. The number of hydrogen-bond acceptors (Lipinski definition) is 8. The predicted octanol–water partition coefficient (Wildman–Crippen LogP) is 4.45. The summed E-state index contributed by atoms with van der Waals surface area (Å²) in [5.74, 6) is 1.20. The number of ether oxygens (including phenoxy) is 2. The molecule has 41 heavy (non-hydrogen) atoms. The fourth-order valence-electron chi connectivity index (χ4n) is 4.72. The van der Waals surface area contributed by atoms with E-state index in [0.717, 1.165) is 29.7 Å². The molecule has 1 fully saturated rings. The molecule has 0 radical (unpaired) electrons. The Labute approximate surface area is 238 Å². The fraction of sp³-hybridized carbons (Fsp3) is 0.400. The maximum absolute atomic E-state index is 12.7. The van der Waals surface area contributed by atoms with Crippen molar-refractivity contribution in [2.75, 3.05) is 19.7 Å². The Kier molecular flexibility index (Phi) is 8.14. The number of nitrogens with zero attached hydrogens (tertiary/aromatic N) is 7. The zero-order valence-electron chi connectivity index (χ0n) is 23.9. The van der Waals surface area contributed by atoms with E-state index in [0.29, 0.717) is 43.4 Å². The van der Waals surface area contributed by atoms with Gasteiger partial charge in [-0.25, -0.2) is 19.4 Å². The van der Waals surface area contributed by atoms with Crippen LogP contribution >= 0.6 is 0 Å². The van der Waals surface area contributed by atoms with Gasteiger partial charge in [-0.3, -0.25) is 9.48 Å². The van der Waals surface area contributed by atoms with Crippen LogP contribution in [0.1, 0.15) is 57.8 Å². The van der Waals surface area contributed by atoms with Gasteiger partial charge in [0.15, 0.2) is 11.6 Å². The standard InChI is InChI=1S/C30H35N7O4/c1-5-40-25-18-31-28(32-19-25)22-8-6-7-21(15-22)16-26-27(38)11-14-36(34-26)24-17-33-37(20-24)23-9-12-35(13-10-23)29(39)41-30(2,3)4/h6-8,11,14-15,17-20,23H,5,9-10,12-13,16H2,1-4H3. The molecule has 5 rings (SSSR count). The van der Waals surface area contributed by atoms with Crippen molar-refractivity contribution in [3.63, 3.8) is 0 Å². The summed E-state index contributed by atoms with van der Waals surface area (Å²) in [4.78, 5) is 35.7. The van der Waals surface area contributed by atoms with E-state index in [4.69, 9.17) is 9.47 Å². The molecule has 0 atom stereocenters. The minimum absolute atomic E-state index is 0.133. The van der Waals surface area contributed by atoms with Gasteiger partial charge in [-0.15, -0.1) is 0 Å². The van der Waals surface area contributed by atoms with Crippen LogP contribution in [0.15, 0.2) is 66.1 Å². The maximum Gasteiger partial charge on any atom is 0.410 e. The summed E-state index contributed by atoms with van der Waals surface area (Å²) in [6.45, 7) is 9.29. The highest BCUT2D eigenvalue weighted by molar-refractivity contribution is 5.68. The molecular formula is C30H35N7O4. The second kappa shape index (κ2) is 11.9. The van der Waals surface area contributed by atoms with Crippen molar-refractivity contribution in [1.29, 1.82) is 0 Å². The van der Waals surface area contributed by atoms with Crippen LogP contribution in [0.4, 0.5) is 4.79 Å².